The van der Waals surface area contributed by atoms with Crippen LogP contribution in [0.5, 0.6) is 5.88 Å². The van der Waals surface area contributed by atoms with E-state index in [0.29, 0.717) is 37.8 Å². The van der Waals surface area contributed by atoms with Crippen LogP contribution in [0.2, 0.25) is 0 Å². The van der Waals surface area contributed by atoms with Crippen LogP contribution >= 0.6 is 0 Å². The number of ether oxygens (including phenoxy) is 1. The maximum Gasteiger partial charge on any atom is 0.258 e. The Hall–Kier alpha value is -3.29. The molecule has 0 spiro atoms. The monoisotopic (exact) mass is 412 g/mol. The molecule has 8 heteroatoms. The largest absolute Gasteiger partial charge is 0.475 e. The highest BCUT2D eigenvalue weighted by molar-refractivity contribution is 5.93. The van der Waals surface area contributed by atoms with E-state index in [0.717, 1.165) is 29.6 Å². The lowest BCUT2D eigenvalue weighted by molar-refractivity contribution is -0.120. The average Bonchev–Trinajstić information content (AvgIpc) is 2.75. The topological polar surface area (TPSA) is 67.4 Å². The van der Waals surface area contributed by atoms with Crippen LogP contribution in [0.1, 0.15) is 19.8 Å². The quantitative estimate of drug-likeness (QED) is 0.682. The predicted octanol–water partition coefficient (Wildman–Crippen LogP) is 4.16. The van der Waals surface area contributed by atoms with Crippen LogP contribution in [-0.4, -0.2) is 35.6 Å². The molecule has 1 amide bonds. The zero-order valence-corrected chi connectivity index (χ0v) is 16.6. The van der Waals surface area contributed by atoms with Gasteiger partial charge < -0.3 is 15.0 Å². The summed E-state index contributed by atoms with van der Waals surface area (Å²) < 4.78 is 32.7. The summed E-state index contributed by atoms with van der Waals surface area (Å²) in [5.74, 6) is -1.13. The Morgan fingerprint density at radius 3 is 2.70 bits per heavy atom. The number of aromatic nitrogens is 2. The number of para-hydroxylation sites is 2. The fourth-order valence-corrected chi connectivity index (χ4v) is 3.62. The lowest BCUT2D eigenvalue weighted by atomic mass is 9.97. The van der Waals surface area contributed by atoms with Gasteiger partial charge in [0, 0.05) is 19.2 Å². The summed E-state index contributed by atoms with van der Waals surface area (Å²) in [6, 6.07) is 10.6. The van der Waals surface area contributed by atoms with Gasteiger partial charge in [-0.1, -0.05) is 12.1 Å². The SMILES string of the molecule is CCOc1nc2ccccc2nc1N1CCC[C@H](C(=O)Nc2ccc(F)cc2F)C1. The Morgan fingerprint density at radius 1 is 1.20 bits per heavy atom. The molecule has 0 unspecified atom stereocenters. The summed E-state index contributed by atoms with van der Waals surface area (Å²) in [6.45, 7) is 3.44. The minimum Gasteiger partial charge on any atom is -0.475 e. The smallest absolute Gasteiger partial charge is 0.258 e. The number of hydrogen-bond donors (Lipinski definition) is 1. The number of anilines is 2. The van der Waals surface area contributed by atoms with Crippen LogP contribution in [-0.2, 0) is 4.79 Å². The van der Waals surface area contributed by atoms with E-state index >= 15 is 0 Å². The van der Waals surface area contributed by atoms with E-state index in [1.165, 1.54) is 6.07 Å². The second-order valence-electron chi connectivity index (χ2n) is 7.17. The molecule has 6 nitrogen and oxygen atoms in total. The van der Waals surface area contributed by atoms with Crippen molar-refractivity contribution in [1.82, 2.24) is 9.97 Å². The van der Waals surface area contributed by atoms with Crippen LogP contribution in [0, 0.1) is 17.6 Å². The fourth-order valence-electron chi connectivity index (χ4n) is 3.62. The van der Waals surface area contributed by atoms with Gasteiger partial charge in [0.15, 0.2) is 5.82 Å². The van der Waals surface area contributed by atoms with Gasteiger partial charge in [0.05, 0.1) is 29.2 Å². The number of halogens is 2. The Labute approximate surface area is 172 Å². The molecule has 1 atom stereocenters. The van der Waals surface area contributed by atoms with Crippen molar-refractivity contribution < 1.29 is 18.3 Å². The normalized spacial score (nSPS) is 16.5. The number of piperidine rings is 1. The van der Waals surface area contributed by atoms with Crippen molar-refractivity contribution in [3.05, 3.63) is 54.1 Å². The van der Waals surface area contributed by atoms with E-state index in [9.17, 15) is 13.6 Å². The van der Waals surface area contributed by atoms with E-state index in [4.69, 9.17) is 9.72 Å². The molecule has 0 saturated carbocycles. The molecule has 2 heterocycles. The fraction of sp³-hybridized carbons (Fsp3) is 0.318. The molecule has 0 radical (unpaired) electrons. The minimum atomic E-state index is -0.796. The summed E-state index contributed by atoms with van der Waals surface area (Å²) in [4.78, 5) is 24.0. The summed E-state index contributed by atoms with van der Waals surface area (Å²) in [6.07, 6.45) is 1.43. The maximum atomic E-state index is 13.9. The second kappa shape index (κ2) is 8.61. The zero-order valence-electron chi connectivity index (χ0n) is 16.6. The molecular weight excluding hydrogens is 390 g/mol. The molecule has 1 aliphatic heterocycles. The molecule has 1 fully saturated rings. The lowest BCUT2D eigenvalue weighted by Gasteiger charge is -2.33. The first-order valence-electron chi connectivity index (χ1n) is 9.95. The van der Waals surface area contributed by atoms with E-state index in [1.807, 2.05) is 36.1 Å². The first-order chi connectivity index (χ1) is 14.5. The van der Waals surface area contributed by atoms with Crippen LogP contribution in [0.4, 0.5) is 20.3 Å². The van der Waals surface area contributed by atoms with Crippen LogP contribution < -0.4 is 15.0 Å². The van der Waals surface area contributed by atoms with Crippen LogP contribution in [0.25, 0.3) is 11.0 Å². The van der Waals surface area contributed by atoms with Gasteiger partial charge in [-0.05, 0) is 44.0 Å². The molecule has 4 rings (SSSR count). The molecule has 30 heavy (non-hydrogen) atoms. The molecule has 156 valence electrons. The van der Waals surface area contributed by atoms with Gasteiger partial charge in [0.1, 0.15) is 11.6 Å². The Kier molecular flexibility index (Phi) is 5.74. The maximum absolute atomic E-state index is 13.9. The number of fused-ring (bicyclic) bond motifs is 1. The highest BCUT2D eigenvalue weighted by atomic mass is 19.1. The number of rotatable bonds is 5. The van der Waals surface area contributed by atoms with E-state index in [1.54, 1.807) is 0 Å². The lowest BCUT2D eigenvalue weighted by Crippen LogP contribution is -2.41. The van der Waals surface area contributed by atoms with Gasteiger partial charge in [-0.25, -0.2) is 18.7 Å². The Bertz CT molecular complexity index is 1080. The molecule has 0 aliphatic carbocycles. The summed E-state index contributed by atoms with van der Waals surface area (Å²) >= 11 is 0. The molecule has 1 N–H and O–H groups in total. The van der Waals surface area contributed by atoms with E-state index in [2.05, 4.69) is 10.3 Å². The molecule has 3 aromatic rings. The molecule has 0 bridgehead atoms. The molecule has 1 aromatic heterocycles. The number of carbonyl (C=O) groups is 1. The standard InChI is InChI=1S/C22H22F2N4O2/c1-2-30-22-20(25-18-7-3-4-8-19(18)27-22)28-11-5-6-14(13-28)21(29)26-17-10-9-15(23)12-16(17)24/h3-4,7-10,12,14H,2,5-6,11,13H2,1H3,(H,26,29)/t14-/m0/s1. The zero-order chi connectivity index (χ0) is 21.1. The van der Waals surface area contributed by atoms with E-state index in [-0.39, 0.29) is 17.5 Å². The Morgan fingerprint density at radius 2 is 1.97 bits per heavy atom. The predicted molar refractivity (Wildman–Crippen MR) is 111 cm³/mol. The van der Waals surface area contributed by atoms with E-state index < -0.39 is 11.6 Å². The summed E-state index contributed by atoms with van der Waals surface area (Å²) in [5, 5.41) is 2.57. The highest BCUT2D eigenvalue weighted by Gasteiger charge is 2.29. The number of hydrogen-bond acceptors (Lipinski definition) is 5. The van der Waals surface area contributed by atoms with Gasteiger partial charge in [0.25, 0.3) is 5.88 Å². The van der Waals surface area contributed by atoms with Crippen LogP contribution in [0.15, 0.2) is 42.5 Å². The number of nitrogens with one attached hydrogen (secondary N) is 1. The summed E-state index contributed by atoms with van der Waals surface area (Å²) in [7, 11) is 0. The summed E-state index contributed by atoms with van der Waals surface area (Å²) in [5.41, 5.74) is 1.46. The van der Waals surface area contributed by atoms with Gasteiger partial charge in [-0.2, -0.15) is 0 Å². The number of nitrogens with zero attached hydrogens (tertiary/aromatic N) is 3. The molecule has 1 aliphatic rings. The first kappa shape index (κ1) is 20.0. The van der Waals surface area contributed by atoms with Crippen molar-refractivity contribution in [2.24, 2.45) is 5.92 Å². The average molecular weight is 412 g/mol. The number of carbonyl (C=O) groups excluding carboxylic acids is 1. The second-order valence-corrected chi connectivity index (χ2v) is 7.17. The minimum absolute atomic E-state index is 0.0287. The molecular formula is C22H22F2N4O2. The van der Waals surface area contributed by atoms with Gasteiger partial charge in [0.2, 0.25) is 5.91 Å². The molecule has 2 aromatic carbocycles. The number of amides is 1. The van der Waals surface area contributed by atoms with Crippen molar-refractivity contribution in [1.29, 1.82) is 0 Å². The van der Waals surface area contributed by atoms with Crippen molar-refractivity contribution in [3.8, 4) is 5.88 Å². The van der Waals surface area contributed by atoms with Crippen LogP contribution in [0.3, 0.4) is 0 Å². The van der Waals surface area contributed by atoms with Gasteiger partial charge >= 0.3 is 0 Å². The third kappa shape index (κ3) is 4.17. The number of benzene rings is 2. The highest BCUT2D eigenvalue weighted by Crippen LogP contribution is 2.31. The van der Waals surface area contributed by atoms with Gasteiger partial charge in [-0.15, -0.1) is 0 Å². The third-order valence-electron chi connectivity index (χ3n) is 5.08. The first-order valence-corrected chi connectivity index (χ1v) is 9.95. The third-order valence-corrected chi connectivity index (χ3v) is 5.08. The Balaban J connectivity index is 1.56. The van der Waals surface area contributed by atoms with Crippen molar-refractivity contribution >= 4 is 28.4 Å². The van der Waals surface area contributed by atoms with Gasteiger partial charge in [-0.3, -0.25) is 4.79 Å². The van der Waals surface area contributed by atoms with Crippen molar-refractivity contribution in [3.63, 3.8) is 0 Å². The van der Waals surface area contributed by atoms with Crippen molar-refractivity contribution in [2.75, 3.05) is 29.9 Å². The van der Waals surface area contributed by atoms with Crippen molar-refractivity contribution in [2.45, 2.75) is 19.8 Å². The molecule has 1 saturated heterocycles.